The third kappa shape index (κ3) is 4.75. The van der Waals surface area contributed by atoms with Crippen LogP contribution in [-0.4, -0.2) is 40.1 Å². The normalized spacial score (nSPS) is 12.6. The second-order valence-corrected chi connectivity index (χ2v) is 11.5. The van der Waals surface area contributed by atoms with Crippen LogP contribution in [0.1, 0.15) is 17.0 Å². The third-order valence-corrected chi connectivity index (χ3v) is 7.87. The Bertz CT molecular complexity index is 1600. The number of rotatable bonds is 6. The molecule has 0 aliphatic rings. The van der Waals surface area contributed by atoms with Crippen LogP contribution < -0.4 is 4.72 Å². The number of nitrogens with one attached hydrogen (secondary N) is 2. The molecule has 170 valence electrons. The summed E-state index contributed by atoms with van der Waals surface area (Å²) < 4.78 is 51.5. The zero-order valence-corrected chi connectivity index (χ0v) is 20.0. The second kappa shape index (κ2) is 8.58. The van der Waals surface area contributed by atoms with Gasteiger partial charge >= 0.3 is 0 Å². The molecule has 1 aromatic heterocycles. The Hall–Kier alpha value is -3.27. The molecule has 0 bridgehead atoms. The van der Waals surface area contributed by atoms with E-state index in [-0.39, 0.29) is 9.79 Å². The minimum Gasteiger partial charge on any atom is -0.338 e. The number of sulfonamides is 1. The van der Waals surface area contributed by atoms with E-state index in [1.54, 1.807) is 48.6 Å². The average Bonchev–Trinajstić information content (AvgIpc) is 3.19. The molecule has 0 spiro atoms. The Labute approximate surface area is 193 Å². The number of aromatic amines is 1. The van der Waals surface area contributed by atoms with Gasteiger partial charge in [0.05, 0.1) is 20.8 Å². The minimum atomic E-state index is -3.62. The van der Waals surface area contributed by atoms with E-state index in [0.717, 1.165) is 16.6 Å². The lowest BCUT2D eigenvalue weighted by Crippen LogP contribution is -2.19. The molecule has 0 unspecified atom stereocenters. The number of aryl methyl sites for hydroxylation is 1. The van der Waals surface area contributed by atoms with Crippen molar-refractivity contribution in [1.82, 2.24) is 14.7 Å². The van der Waals surface area contributed by atoms with E-state index >= 15 is 0 Å². The highest BCUT2D eigenvalue weighted by atomic mass is 32.2. The van der Waals surface area contributed by atoms with E-state index in [9.17, 15) is 16.8 Å². The summed E-state index contributed by atoms with van der Waals surface area (Å²) in [6, 6.07) is 17.5. The first kappa shape index (κ1) is 22.9. The maximum absolute atomic E-state index is 12.4. The quantitative estimate of drug-likeness (QED) is 0.432. The number of hydrogen-bond acceptors (Lipinski definition) is 5. The predicted octanol–water partition coefficient (Wildman–Crippen LogP) is 4.02. The van der Waals surface area contributed by atoms with Crippen LogP contribution in [0.5, 0.6) is 0 Å². The van der Waals surface area contributed by atoms with Crippen molar-refractivity contribution < 1.29 is 16.8 Å². The Balaban J connectivity index is 1.73. The van der Waals surface area contributed by atoms with Crippen molar-refractivity contribution in [3.05, 3.63) is 77.6 Å². The Kier molecular flexibility index (Phi) is 5.96. The Morgan fingerprint density at radius 1 is 0.909 bits per heavy atom. The van der Waals surface area contributed by atoms with Crippen molar-refractivity contribution in [2.75, 3.05) is 13.3 Å². The van der Waals surface area contributed by atoms with Crippen LogP contribution in [0.3, 0.4) is 0 Å². The molecule has 0 saturated heterocycles. The van der Waals surface area contributed by atoms with Crippen molar-refractivity contribution in [1.29, 1.82) is 0 Å². The summed E-state index contributed by atoms with van der Waals surface area (Å²) in [5.74, 6) is 0.554. The highest BCUT2D eigenvalue weighted by Gasteiger charge is 2.17. The molecule has 9 heteroatoms. The highest BCUT2D eigenvalue weighted by Crippen LogP contribution is 2.29. The van der Waals surface area contributed by atoms with Crippen molar-refractivity contribution in [2.45, 2.75) is 16.7 Å². The average molecular weight is 482 g/mol. The van der Waals surface area contributed by atoms with E-state index in [0.29, 0.717) is 22.5 Å². The number of nitrogens with zero attached hydrogens (tertiary/aromatic N) is 1. The number of fused-ring (bicyclic) bond motifs is 1. The first-order valence-electron chi connectivity index (χ1n) is 10.1. The zero-order chi connectivity index (χ0) is 23.8. The van der Waals surface area contributed by atoms with Crippen molar-refractivity contribution in [2.24, 2.45) is 0 Å². The number of hydrogen-bond donors (Lipinski definition) is 2. The van der Waals surface area contributed by atoms with Crippen LogP contribution in [0.15, 0.2) is 70.5 Å². The molecule has 0 atom stereocenters. The van der Waals surface area contributed by atoms with Gasteiger partial charge in [0, 0.05) is 11.8 Å². The summed E-state index contributed by atoms with van der Waals surface area (Å²) in [4.78, 5) is 8.20. The molecular weight excluding hydrogens is 458 g/mol. The first-order chi connectivity index (χ1) is 15.6. The maximum Gasteiger partial charge on any atom is 0.240 e. The molecule has 3 aromatic carbocycles. The van der Waals surface area contributed by atoms with Crippen LogP contribution in [0.4, 0.5) is 0 Å². The molecule has 0 aliphatic heterocycles. The first-order valence-corrected chi connectivity index (χ1v) is 13.5. The summed E-state index contributed by atoms with van der Waals surface area (Å²) in [5, 5.41) is 0. The smallest absolute Gasteiger partial charge is 0.240 e. The van der Waals surface area contributed by atoms with E-state index in [2.05, 4.69) is 14.7 Å². The third-order valence-electron chi connectivity index (χ3n) is 5.25. The number of H-pyrrole nitrogens is 1. The monoisotopic (exact) mass is 481 g/mol. The molecule has 33 heavy (non-hydrogen) atoms. The molecule has 0 radical (unpaired) electrons. The van der Waals surface area contributed by atoms with E-state index in [1.807, 2.05) is 31.2 Å². The second-order valence-electron chi connectivity index (χ2n) is 7.70. The summed E-state index contributed by atoms with van der Waals surface area (Å²) in [6.45, 7) is 1.85. The summed E-state index contributed by atoms with van der Waals surface area (Å²) in [7, 11) is -5.61. The number of benzene rings is 3. The summed E-state index contributed by atoms with van der Waals surface area (Å²) in [6.07, 6.45) is 4.62. The number of sulfone groups is 1. The van der Waals surface area contributed by atoms with Crippen LogP contribution in [-0.2, 0) is 19.9 Å². The molecule has 7 nitrogen and oxygen atoms in total. The van der Waals surface area contributed by atoms with Gasteiger partial charge in [-0.3, -0.25) is 0 Å². The molecule has 1 heterocycles. The van der Waals surface area contributed by atoms with Gasteiger partial charge in [0.15, 0.2) is 9.84 Å². The minimum absolute atomic E-state index is 0.194. The van der Waals surface area contributed by atoms with Gasteiger partial charge in [-0.2, -0.15) is 0 Å². The largest absolute Gasteiger partial charge is 0.338 e. The van der Waals surface area contributed by atoms with Gasteiger partial charge in [0.25, 0.3) is 0 Å². The van der Waals surface area contributed by atoms with Gasteiger partial charge in [-0.1, -0.05) is 36.4 Å². The molecule has 0 amide bonds. The SMILES string of the molecule is CNS(=O)(=O)c1ccccc1-c1ccc2nc(/C=C/c3ccc(C)cc3S(C)(=O)=O)[nH]c2c1. The predicted molar refractivity (Wildman–Crippen MR) is 131 cm³/mol. The fourth-order valence-corrected chi connectivity index (χ4v) is 5.51. The van der Waals surface area contributed by atoms with Crippen LogP contribution in [0.2, 0.25) is 0 Å². The lowest BCUT2D eigenvalue weighted by Gasteiger charge is -2.09. The van der Waals surface area contributed by atoms with Crippen molar-refractivity contribution in [3.8, 4) is 11.1 Å². The van der Waals surface area contributed by atoms with E-state index < -0.39 is 19.9 Å². The lowest BCUT2D eigenvalue weighted by atomic mass is 10.1. The van der Waals surface area contributed by atoms with Gasteiger partial charge in [-0.25, -0.2) is 26.5 Å². The van der Waals surface area contributed by atoms with Gasteiger partial charge in [-0.05, 0) is 67.1 Å². The molecule has 0 fully saturated rings. The van der Waals surface area contributed by atoms with Crippen molar-refractivity contribution >= 4 is 43.0 Å². The molecule has 4 rings (SSSR count). The molecule has 2 N–H and O–H groups in total. The maximum atomic E-state index is 12.4. The van der Waals surface area contributed by atoms with E-state index in [1.165, 1.54) is 13.3 Å². The van der Waals surface area contributed by atoms with Gasteiger partial charge in [0.1, 0.15) is 5.82 Å². The molecular formula is C24H23N3O4S2. The topological polar surface area (TPSA) is 109 Å². The van der Waals surface area contributed by atoms with Crippen LogP contribution in [0, 0.1) is 6.92 Å². The zero-order valence-electron chi connectivity index (χ0n) is 18.3. The molecule has 4 aromatic rings. The standard InChI is InChI=1S/C24H23N3O4S2/c1-16-8-9-17(23(14-16)32(3,28)29)11-13-24-26-20-12-10-18(15-21(20)27-24)19-6-4-5-7-22(19)33(30,31)25-2/h4-15,25H,1-3H3,(H,26,27)/b13-11+. The summed E-state index contributed by atoms with van der Waals surface area (Å²) in [5.41, 5.74) is 4.20. The Morgan fingerprint density at radius 3 is 2.39 bits per heavy atom. The van der Waals surface area contributed by atoms with Gasteiger partial charge < -0.3 is 4.98 Å². The van der Waals surface area contributed by atoms with E-state index in [4.69, 9.17) is 0 Å². The number of aromatic nitrogens is 2. The fraction of sp³-hybridized carbons (Fsp3) is 0.125. The fourth-order valence-electron chi connectivity index (χ4n) is 3.59. The summed E-state index contributed by atoms with van der Waals surface area (Å²) >= 11 is 0. The lowest BCUT2D eigenvalue weighted by molar-refractivity contribution is 0.588. The van der Waals surface area contributed by atoms with Gasteiger partial charge in [0.2, 0.25) is 10.0 Å². The van der Waals surface area contributed by atoms with Gasteiger partial charge in [-0.15, -0.1) is 0 Å². The van der Waals surface area contributed by atoms with Crippen LogP contribution >= 0.6 is 0 Å². The van der Waals surface area contributed by atoms with Crippen molar-refractivity contribution in [3.63, 3.8) is 0 Å². The van der Waals surface area contributed by atoms with Crippen LogP contribution in [0.25, 0.3) is 34.3 Å². The molecule has 0 saturated carbocycles. The highest BCUT2D eigenvalue weighted by molar-refractivity contribution is 7.90. The Morgan fingerprint density at radius 2 is 1.67 bits per heavy atom. The number of imidazole rings is 1. The molecule has 0 aliphatic carbocycles.